The fourth-order valence-corrected chi connectivity index (χ4v) is 1.29. The lowest BCUT2D eigenvalue weighted by molar-refractivity contribution is 0.603. The predicted octanol–water partition coefficient (Wildman–Crippen LogP) is 2.14. The molecule has 2 N–H and O–H groups in total. The number of aryl methyl sites for hydroxylation is 1. The molecule has 2 nitrogen and oxygen atoms in total. The molecule has 68 valence electrons. The fourth-order valence-electron chi connectivity index (χ4n) is 1.29. The average Bonchev–Trinajstić information content (AvgIpc) is 2.53. The third-order valence-corrected chi connectivity index (χ3v) is 2.07. The molecule has 0 bridgehead atoms. The largest absolute Gasteiger partial charge is 0.354 e. The third-order valence-electron chi connectivity index (χ3n) is 2.07. The lowest BCUT2D eigenvalue weighted by Gasteiger charge is -2.00. The van der Waals surface area contributed by atoms with Crippen LogP contribution in [0.1, 0.15) is 31.7 Å². The van der Waals surface area contributed by atoms with Crippen LogP contribution in [0.4, 0.5) is 0 Å². The summed E-state index contributed by atoms with van der Waals surface area (Å²) in [6.45, 7) is 4.01. The van der Waals surface area contributed by atoms with Crippen LogP contribution in [0, 0.1) is 0 Å². The Labute approximate surface area is 74.4 Å². The molecular weight excluding hydrogens is 148 g/mol. The molecule has 1 aromatic rings. The minimum atomic E-state index is 0.654. The highest BCUT2D eigenvalue weighted by Gasteiger charge is 1.93. The monoisotopic (exact) mass is 166 g/mol. The first-order valence-corrected chi connectivity index (χ1v) is 4.71. The Morgan fingerprint density at radius 2 is 2.25 bits per heavy atom. The first kappa shape index (κ1) is 9.33. The Kier molecular flexibility index (Phi) is 3.88. The van der Waals surface area contributed by atoms with Crippen LogP contribution in [0.2, 0.25) is 0 Å². The molecule has 1 heterocycles. The average molecular weight is 166 g/mol. The Hall–Kier alpha value is -0.760. The molecule has 12 heavy (non-hydrogen) atoms. The molecule has 0 unspecified atom stereocenters. The molecule has 0 fully saturated rings. The van der Waals surface area contributed by atoms with Gasteiger partial charge in [-0.3, -0.25) is 0 Å². The van der Waals surface area contributed by atoms with Gasteiger partial charge in [0, 0.05) is 25.5 Å². The van der Waals surface area contributed by atoms with Crippen molar-refractivity contribution in [3.05, 3.63) is 24.0 Å². The van der Waals surface area contributed by atoms with Gasteiger partial charge in [0.2, 0.25) is 0 Å². The molecule has 0 atom stereocenters. The van der Waals surface area contributed by atoms with Gasteiger partial charge in [0.15, 0.2) is 0 Å². The second-order valence-electron chi connectivity index (χ2n) is 3.17. The molecule has 1 rings (SSSR count). The molecule has 0 aliphatic rings. The van der Waals surface area contributed by atoms with Crippen molar-refractivity contribution in [3.63, 3.8) is 0 Å². The predicted molar refractivity (Wildman–Crippen MR) is 51.8 cm³/mol. The van der Waals surface area contributed by atoms with E-state index in [4.69, 9.17) is 5.73 Å². The van der Waals surface area contributed by atoms with Crippen LogP contribution in [0.5, 0.6) is 0 Å². The van der Waals surface area contributed by atoms with Crippen molar-refractivity contribution < 1.29 is 0 Å². The molecule has 0 saturated carbocycles. The van der Waals surface area contributed by atoms with Crippen LogP contribution in [0.25, 0.3) is 0 Å². The Morgan fingerprint density at radius 1 is 1.42 bits per heavy atom. The van der Waals surface area contributed by atoms with Crippen molar-refractivity contribution in [1.82, 2.24) is 4.57 Å². The molecular formula is C10H18N2. The van der Waals surface area contributed by atoms with E-state index in [9.17, 15) is 0 Å². The van der Waals surface area contributed by atoms with Crippen molar-refractivity contribution in [1.29, 1.82) is 0 Å². The van der Waals surface area contributed by atoms with E-state index in [1.54, 1.807) is 0 Å². The Balaban J connectivity index is 2.31. The minimum absolute atomic E-state index is 0.654. The Morgan fingerprint density at radius 3 is 2.83 bits per heavy atom. The van der Waals surface area contributed by atoms with Crippen LogP contribution in [0.3, 0.4) is 0 Å². The highest BCUT2D eigenvalue weighted by atomic mass is 14.9. The summed E-state index contributed by atoms with van der Waals surface area (Å²) in [7, 11) is 0. The smallest absolute Gasteiger partial charge is 0.0219 e. The van der Waals surface area contributed by atoms with Crippen LogP contribution >= 0.6 is 0 Å². The van der Waals surface area contributed by atoms with Crippen LogP contribution in [0.15, 0.2) is 18.5 Å². The molecule has 0 aliphatic carbocycles. The van der Waals surface area contributed by atoms with Gasteiger partial charge in [-0.1, -0.05) is 19.8 Å². The van der Waals surface area contributed by atoms with Crippen molar-refractivity contribution in [2.24, 2.45) is 5.73 Å². The normalized spacial score (nSPS) is 10.5. The highest BCUT2D eigenvalue weighted by molar-refractivity contribution is 5.09. The topological polar surface area (TPSA) is 30.9 Å². The number of nitrogens with two attached hydrogens (primary N) is 1. The first-order chi connectivity index (χ1) is 5.86. The maximum atomic E-state index is 5.50. The van der Waals surface area contributed by atoms with E-state index in [-0.39, 0.29) is 0 Å². The molecule has 2 heteroatoms. The van der Waals surface area contributed by atoms with Gasteiger partial charge in [-0.15, -0.1) is 0 Å². The Bertz CT molecular complexity index is 215. The van der Waals surface area contributed by atoms with E-state index in [0.29, 0.717) is 6.54 Å². The second-order valence-corrected chi connectivity index (χ2v) is 3.17. The summed E-state index contributed by atoms with van der Waals surface area (Å²) in [4.78, 5) is 0. The first-order valence-electron chi connectivity index (χ1n) is 4.71. The highest BCUT2D eigenvalue weighted by Crippen LogP contribution is 2.03. The van der Waals surface area contributed by atoms with Crippen molar-refractivity contribution in [3.8, 4) is 0 Å². The van der Waals surface area contributed by atoms with Gasteiger partial charge < -0.3 is 10.3 Å². The summed E-state index contributed by atoms with van der Waals surface area (Å²) in [5.74, 6) is 0. The maximum Gasteiger partial charge on any atom is 0.0219 e. The van der Waals surface area contributed by atoms with E-state index < -0.39 is 0 Å². The fraction of sp³-hybridized carbons (Fsp3) is 0.600. The zero-order chi connectivity index (χ0) is 8.81. The van der Waals surface area contributed by atoms with Gasteiger partial charge in [0.1, 0.15) is 0 Å². The van der Waals surface area contributed by atoms with Crippen molar-refractivity contribution >= 4 is 0 Å². The van der Waals surface area contributed by atoms with Gasteiger partial charge in [-0.05, 0) is 18.1 Å². The van der Waals surface area contributed by atoms with E-state index in [1.807, 2.05) is 0 Å². The van der Waals surface area contributed by atoms with Crippen molar-refractivity contribution in [2.45, 2.75) is 39.3 Å². The lowest BCUT2D eigenvalue weighted by Crippen LogP contribution is -1.96. The van der Waals surface area contributed by atoms with Crippen LogP contribution < -0.4 is 5.73 Å². The number of aromatic nitrogens is 1. The summed E-state index contributed by atoms with van der Waals surface area (Å²) in [5, 5.41) is 0. The van der Waals surface area contributed by atoms with E-state index >= 15 is 0 Å². The number of hydrogen-bond acceptors (Lipinski definition) is 1. The second kappa shape index (κ2) is 4.99. The van der Waals surface area contributed by atoms with Gasteiger partial charge in [-0.2, -0.15) is 0 Å². The molecule has 0 saturated heterocycles. The van der Waals surface area contributed by atoms with Crippen LogP contribution in [-0.2, 0) is 13.1 Å². The molecule has 0 radical (unpaired) electrons. The number of nitrogens with zero attached hydrogens (tertiary/aromatic N) is 1. The summed E-state index contributed by atoms with van der Waals surface area (Å²) in [5.41, 5.74) is 6.73. The van der Waals surface area contributed by atoms with Gasteiger partial charge in [0.25, 0.3) is 0 Å². The number of rotatable bonds is 5. The number of hydrogen-bond donors (Lipinski definition) is 1. The standard InChI is InChI=1S/C10H18N2/c1-2-3-4-6-12-7-5-10(8-11)9-12/h5,7,9H,2-4,6,8,11H2,1H3. The lowest BCUT2D eigenvalue weighted by atomic mass is 10.2. The molecule has 0 aliphatic heterocycles. The van der Waals surface area contributed by atoms with Gasteiger partial charge in [0.05, 0.1) is 0 Å². The van der Waals surface area contributed by atoms with E-state index in [0.717, 1.165) is 6.54 Å². The van der Waals surface area contributed by atoms with Gasteiger partial charge in [-0.25, -0.2) is 0 Å². The summed E-state index contributed by atoms with van der Waals surface area (Å²) in [6, 6.07) is 2.09. The summed E-state index contributed by atoms with van der Waals surface area (Å²) >= 11 is 0. The SMILES string of the molecule is CCCCCn1ccc(CN)c1. The zero-order valence-corrected chi connectivity index (χ0v) is 7.79. The maximum absolute atomic E-state index is 5.50. The third kappa shape index (κ3) is 2.70. The van der Waals surface area contributed by atoms with Crippen molar-refractivity contribution in [2.75, 3.05) is 0 Å². The van der Waals surface area contributed by atoms with Crippen LogP contribution in [-0.4, -0.2) is 4.57 Å². The van der Waals surface area contributed by atoms with E-state index in [2.05, 4.69) is 30.0 Å². The summed E-state index contributed by atoms with van der Waals surface area (Å²) < 4.78 is 2.22. The zero-order valence-electron chi connectivity index (χ0n) is 7.79. The van der Waals surface area contributed by atoms with Gasteiger partial charge >= 0.3 is 0 Å². The minimum Gasteiger partial charge on any atom is -0.354 e. The quantitative estimate of drug-likeness (QED) is 0.667. The molecule has 0 amide bonds. The molecule has 0 aromatic carbocycles. The molecule has 0 spiro atoms. The molecule has 1 aromatic heterocycles. The summed E-state index contributed by atoms with van der Waals surface area (Å²) in [6.07, 6.45) is 8.11. The number of unbranched alkanes of at least 4 members (excludes halogenated alkanes) is 2. The van der Waals surface area contributed by atoms with E-state index in [1.165, 1.54) is 24.8 Å².